The predicted octanol–water partition coefficient (Wildman–Crippen LogP) is 2.19. The molecular weight excluding hydrogens is 258 g/mol. The second-order valence-corrected chi connectivity index (χ2v) is 5.01. The van der Waals surface area contributed by atoms with Gasteiger partial charge in [-0.05, 0) is 18.1 Å². The van der Waals surface area contributed by atoms with Crippen molar-refractivity contribution in [1.29, 1.82) is 0 Å². The number of benzene rings is 1. The highest BCUT2D eigenvalue weighted by Gasteiger charge is 2.16. The van der Waals surface area contributed by atoms with Crippen molar-refractivity contribution < 1.29 is 19.1 Å². The molecule has 5 nitrogen and oxygen atoms in total. The monoisotopic (exact) mass is 277 g/mol. The summed E-state index contributed by atoms with van der Waals surface area (Å²) in [4.78, 5) is 12.0. The summed E-state index contributed by atoms with van der Waals surface area (Å²) in [5.41, 5.74) is 0.546. The van der Waals surface area contributed by atoms with E-state index in [9.17, 15) is 9.90 Å². The number of furan rings is 1. The van der Waals surface area contributed by atoms with Crippen molar-refractivity contribution in [3.05, 3.63) is 30.0 Å². The molecule has 1 unspecified atom stereocenters. The lowest BCUT2D eigenvalue weighted by Gasteiger charge is -2.14. The summed E-state index contributed by atoms with van der Waals surface area (Å²) in [6.45, 7) is 3.98. The first-order valence-electron chi connectivity index (χ1n) is 6.55. The van der Waals surface area contributed by atoms with Crippen molar-refractivity contribution >= 4 is 16.9 Å². The first-order valence-corrected chi connectivity index (χ1v) is 6.55. The number of hydrogen-bond acceptors (Lipinski definition) is 4. The van der Waals surface area contributed by atoms with Gasteiger partial charge in [-0.25, -0.2) is 0 Å². The minimum Gasteiger partial charge on any atom is -0.493 e. The molecular formula is C15H19NO4. The number of amides is 1. The SMILES string of the molecule is COc1cccc2cc(C(=O)NCC(O)C(C)C)oc12. The molecule has 108 valence electrons. The van der Waals surface area contributed by atoms with Crippen molar-refractivity contribution in [2.45, 2.75) is 20.0 Å². The number of ether oxygens (including phenoxy) is 1. The molecule has 2 rings (SSSR count). The number of fused-ring (bicyclic) bond motifs is 1. The quantitative estimate of drug-likeness (QED) is 0.878. The molecule has 2 aromatic rings. The van der Waals surface area contributed by atoms with Crippen LogP contribution in [0.5, 0.6) is 5.75 Å². The Morgan fingerprint density at radius 3 is 2.85 bits per heavy atom. The lowest BCUT2D eigenvalue weighted by molar-refractivity contribution is 0.0848. The van der Waals surface area contributed by atoms with E-state index in [4.69, 9.17) is 9.15 Å². The number of methoxy groups -OCH3 is 1. The number of aliphatic hydroxyl groups excluding tert-OH is 1. The van der Waals surface area contributed by atoms with Crippen LogP contribution in [0.4, 0.5) is 0 Å². The van der Waals surface area contributed by atoms with Gasteiger partial charge in [0.2, 0.25) is 0 Å². The predicted molar refractivity (Wildman–Crippen MR) is 75.9 cm³/mol. The first-order chi connectivity index (χ1) is 9.52. The van der Waals surface area contributed by atoms with E-state index < -0.39 is 6.10 Å². The molecule has 20 heavy (non-hydrogen) atoms. The highest BCUT2D eigenvalue weighted by atomic mass is 16.5. The Balaban J connectivity index is 2.15. The fourth-order valence-corrected chi connectivity index (χ4v) is 1.83. The molecule has 1 amide bonds. The number of aliphatic hydroxyl groups is 1. The molecule has 2 N–H and O–H groups in total. The Morgan fingerprint density at radius 1 is 1.45 bits per heavy atom. The standard InChI is InChI=1S/C15H19NO4/c1-9(2)11(17)8-16-15(18)13-7-10-5-4-6-12(19-3)14(10)20-13/h4-7,9,11,17H,8H2,1-3H3,(H,16,18). The van der Waals surface area contributed by atoms with Gasteiger partial charge in [0.05, 0.1) is 13.2 Å². The number of carbonyl (C=O) groups is 1. The average molecular weight is 277 g/mol. The van der Waals surface area contributed by atoms with E-state index in [-0.39, 0.29) is 24.1 Å². The Morgan fingerprint density at radius 2 is 2.20 bits per heavy atom. The van der Waals surface area contributed by atoms with Gasteiger partial charge in [-0.1, -0.05) is 26.0 Å². The zero-order valence-corrected chi connectivity index (χ0v) is 11.8. The number of hydrogen-bond donors (Lipinski definition) is 2. The van der Waals surface area contributed by atoms with Gasteiger partial charge in [0.25, 0.3) is 5.91 Å². The third-order valence-electron chi connectivity index (χ3n) is 3.19. The topological polar surface area (TPSA) is 71.7 Å². The van der Waals surface area contributed by atoms with Crippen LogP contribution >= 0.6 is 0 Å². The number of carbonyl (C=O) groups excluding carboxylic acids is 1. The molecule has 0 aliphatic heterocycles. The van der Waals surface area contributed by atoms with Crippen molar-refractivity contribution in [3.63, 3.8) is 0 Å². The number of para-hydroxylation sites is 1. The van der Waals surface area contributed by atoms with Gasteiger partial charge in [-0.15, -0.1) is 0 Å². The molecule has 1 heterocycles. The maximum atomic E-state index is 12.0. The van der Waals surface area contributed by atoms with Crippen molar-refractivity contribution in [3.8, 4) is 5.75 Å². The van der Waals surface area contributed by atoms with E-state index in [1.165, 1.54) is 0 Å². The van der Waals surface area contributed by atoms with Crippen LogP contribution in [0.2, 0.25) is 0 Å². The molecule has 0 radical (unpaired) electrons. The van der Waals surface area contributed by atoms with E-state index in [1.807, 2.05) is 26.0 Å². The molecule has 0 aliphatic carbocycles. The third kappa shape index (κ3) is 2.93. The highest BCUT2D eigenvalue weighted by molar-refractivity contribution is 5.97. The molecule has 0 saturated heterocycles. The van der Waals surface area contributed by atoms with Crippen molar-refractivity contribution in [2.24, 2.45) is 5.92 Å². The lowest BCUT2D eigenvalue weighted by Crippen LogP contribution is -2.34. The minimum atomic E-state index is -0.571. The van der Waals surface area contributed by atoms with Crippen molar-refractivity contribution in [1.82, 2.24) is 5.32 Å². The summed E-state index contributed by atoms with van der Waals surface area (Å²) in [6, 6.07) is 7.12. The second kappa shape index (κ2) is 5.96. The first kappa shape index (κ1) is 14.4. The van der Waals surface area contributed by atoms with Gasteiger partial charge >= 0.3 is 0 Å². The van der Waals surface area contributed by atoms with Crippen LogP contribution in [0, 0.1) is 5.92 Å². The minimum absolute atomic E-state index is 0.0890. The fourth-order valence-electron chi connectivity index (χ4n) is 1.83. The number of nitrogens with one attached hydrogen (secondary N) is 1. The lowest BCUT2D eigenvalue weighted by atomic mass is 10.1. The normalized spacial score (nSPS) is 12.7. The van der Waals surface area contributed by atoms with Gasteiger partial charge in [0, 0.05) is 11.9 Å². The van der Waals surface area contributed by atoms with E-state index in [0.29, 0.717) is 11.3 Å². The third-order valence-corrected chi connectivity index (χ3v) is 3.19. The Kier molecular flexibility index (Phi) is 4.29. The Labute approximate surface area is 117 Å². The number of rotatable bonds is 5. The summed E-state index contributed by atoms with van der Waals surface area (Å²) in [7, 11) is 1.55. The van der Waals surface area contributed by atoms with Crippen LogP contribution in [-0.4, -0.2) is 30.8 Å². The molecule has 0 saturated carbocycles. The van der Waals surface area contributed by atoms with Crippen LogP contribution in [0.15, 0.2) is 28.7 Å². The summed E-state index contributed by atoms with van der Waals surface area (Å²) in [5.74, 6) is 0.540. The van der Waals surface area contributed by atoms with E-state index in [2.05, 4.69) is 5.32 Å². The molecule has 0 spiro atoms. The molecule has 5 heteroatoms. The summed E-state index contributed by atoms with van der Waals surface area (Å²) in [5, 5.41) is 13.1. The molecule has 0 fully saturated rings. The summed E-state index contributed by atoms with van der Waals surface area (Å²) in [6.07, 6.45) is -0.571. The summed E-state index contributed by atoms with van der Waals surface area (Å²) < 4.78 is 10.7. The Bertz CT molecular complexity index is 603. The highest BCUT2D eigenvalue weighted by Crippen LogP contribution is 2.28. The fraction of sp³-hybridized carbons (Fsp3) is 0.400. The van der Waals surface area contributed by atoms with Gasteiger partial charge in [0.15, 0.2) is 17.1 Å². The van der Waals surface area contributed by atoms with E-state index >= 15 is 0 Å². The molecule has 0 aliphatic rings. The van der Waals surface area contributed by atoms with E-state index in [1.54, 1.807) is 19.2 Å². The van der Waals surface area contributed by atoms with Crippen LogP contribution in [-0.2, 0) is 0 Å². The van der Waals surface area contributed by atoms with Gasteiger partial charge in [-0.3, -0.25) is 4.79 Å². The molecule has 1 aromatic heterocycles. The maximum Gasteiger partial charge on any atom is 0.287 e. The van der Waals surface area contributed by atoms with Gasteiger partial charge in [0.1, 0.15) is 0 Å². The average Bonchev–Trinajstić information content (AvgIpc) is 2.87. The largest absolute Gasteiger partial charge is 0.493 e. The molecule has 0 bridgehead atoms. The van der Waals surface area contributed by atoms with E-state index in [0.717, 1.165) is 5.39 Å². The molecule has 1 aromatic carbocycles. The second-order valence-electron chi connectivity index (χ2n) is 5.01. The zero-order chi connectivity index (χ0) is 14.7. The zero-order valence-electron chi connectivity index (χ0n) is 11.8. The van der Waals surface area contributed by atoms with Gasteiger partial charge < -0.3 is 19.6 Å². The van der Waals surface area contributed by atoms with Gasteiger partial charge in [-0.2, -0.15) is 0 Å². The van der Waals surface area contributed by atoms with Crippen LogP contribution in [0.3, 0.4) is 0 Å². The summed E-state index contributed by atoms with van der Waals surface area (Å²) >= 11 is 0. The maximum absolute atomic E-state index is 12.0. The van der Waals surface area contributed by atoms with Crippen LogP contribution in [0.1, 0.15) is 24.4 Å². The van der Waals surface area contributed by atoms with Crippen LogP contribution < -0.4 is 10.1 Å². The molecule has 1 atom stereocenters. The van der Waals surface area contributed by atoms with Crippen molar-refractivity contribution in [2.75, 3.05) is 13.7 Å². The van der Waals surface area contributed by atoms with Crippen LogP contribution in [0.25, 0.3) is 11.0 Å². The Hall–Kier alpha value is -2.01. The smallest absolute Gasteiger partial charge is 0.287 e.